The minimum absolute atomic E-state index is 0.196. The highest BCUT2D eigenvalue weighted by Gasteiger charge is 2.17. The van der Waals surface area contributed by atoms with Crippen molar-refractivity contribution in [1.82, 2.24) is 13.7 Å². The van der Waals surface area contributed by atoms with Gasteiger partial charge in [-0.25, -0.2) is 28.1 Å². The van der Waals surface area contributed by atoms with Gasteiger partial charge >= 0.3 is 35.0 Å². The summed E-state index contributed by atoms with van der Waals surface area (Å²) in [5, 5.41) is 0. The van der Waals surface area contributed by atoms with Crippen LogP contribution in [0.4, 0.5) is 0 Å². The Morgan fingerprint density at radius 1 is 0.349 bits per heavy atom. The van der Waals surface area contributed by atoms with E-state index in [0.717, 1.165) is 52.2 Å². The van der Waals surface area contributed by atoms with Crippen LogP contribution in [0.2, 0.25) is 0 Å². The first-order valence-corrected chi connectivity index (χ1v) is 25.1. The molecule has 1 heterocycles. The molecule has 0 fully saturated rings. The van der Waals surface area contributed by atoms with Gasteiger partial charge in [-0.2, -0.15) is 0 Å². The second-order valence-electron chi connectivity index (χ2n) is 16.7. The number of ether oxygens (including phenoxy) is 3. The van der Waals surface area contributed by atoms with E-state index in [4.69, 9.17) is 14.2 Å². The van der Waals surface area contributed by atoms with E-state index in [0.29, 0.717) is 19.3 Å². The van der Waals surface area contributed by atoms with Crippen molar-refractivity contribution in [2.45, 2.75) is 233 Å². The van der Waals surface area contributed by atoms with Crippen LogP contribution in [0.1, 0.15) is 213 Å². The lowest BCUT2D eigenvalue weighted by Gasteiger charge is -2.14. The van der Waals surface area contributed by atoms with Crippen molar-refractivity contribution in [2.75, 3.05) is 19.8 Å². The monoisotopic (exact) mass is 886 g/mol. The highest BCUT2D eigenvalue weighted by Crippen LogP contribution is 2.11. The molecule has 0 atom stereocenters. The number of aromatic nitrogens is 3. The predicted octanol–water partition coefficient (Wildman–Crippen LogP) is 11.2. The number of hydrogen-bond donors (Lipinski definition) is 0. The third-order valence-electron chi connectivity index (χ3n) is 11.0. The summed E-state index contributed by atoms with van der Waals surface area (Å²) in [7, 11) is 0. The predicted molar refractivity (Wildman–Crippen MR) is 255 cm³/mol. The summed E-state index contributed by atoms with van der Waals surface area (Å²) >= 11 is 0. The fraction of sp³-hybridized carbons (Fsp3) is 0.765. The van der Waals surface area contributed by atoms with Crippen LogP contribution < -0.4 is 17.1 Å². The summed E-state index contributed by atoms with van der Waals surface area (Å²) in [6.07, 6.45) is 43.0. The molecule has 0 saturated carbocycles. The van der Waals surface area contributed by atoms with Gasteiger partial charge in [-0.3, -0.25) is 14.4 Å². The molecule has 63 heavy (non-hydrogen) atoms. The smallest absolute Gasteiger partial charge is 0.336 e. The first-order chi connectivity index (χ1) is 30.8. The molecule has 0 unspecified atom stereocenters. The summed E-state index contributed by atoms with van der Waals surface area (Å²) < 4.78 is 18.6. The maximum atomic E-state index is 13.5. The molecule has 0 aliphatic heterocycles. The molecular weight excluding hydrogens is 799 g/mol. The molecule has 12 nitrogen and oxygen atoms in total. The van der Waals surface area contributed by atoms with Crippen LogP contribution in [-0.2, 0) is 48.2 Å². The second kappa shape index (κ2) is 40.8. The molecule has 0 spiro atoms. The summed E-state index contributed by atoms with van der Waals surface area (Å²) in [6.45, 7) is 5.07. The molecular formula is C51H87N3O9. The van der Waals surface area contributed by atoms with Crippen molar-refractivity contribution in [3.8, 4) is 0 Å². The number of esters is 3. The highest BCUT2D eigenvalue weighted by molar-refractivity contribution is 5.69. The molecule has 0 N–H and O–H groups in total. The Morgan fingerprint density at radius 2 is 0.571 bits per heavy atom. The van der Waals surface area contributed by atoms with E-state index < -0.39 is 35.0 Å². The van der Waals surface area contributed by atoms with E-state index in [1.165, 1.54) is 116 Å². The number of carbonyl (C=O) groups excluding carboxylic acids is 3. The maximum Gasteiger partial charge on any atom is 0.336 e. The van der Waals surface area contributed by atoms with Gasteiger partial charge in [-0.15, -0.1) is 0 Å². The number of hydrogen-bond acceptors (Lipinski definition) is 9. The summed E-state index contributed by atoms with van der Waals surface area (Å²) in [5.74, 6) is -1.33. The van der Waals surface area contributed by atoms with E-state index in [1.54, 1.807) is 0 Å². The standard InChI is InChI=1S/C51H87N3O9/c1-4-7-10-13-16-19-22-25-28-31-34-37-46(55)61-43-40-52-49(58)53(41-44-62-47(56)38-35-32-29-26-23-20-17-14-11-8-5-2)51(60)54(50(52)59)42-45-63-48(57)39-36-33-30-27-24-21-18-15-12-9-6-3/h25-30H,4-24,31-45H2,1-3H3/b28-25+,29-26+,30-27+. The quantitative estimate of drug-likeness (QED) is 0.0271. The number of unbranched alkanes of at least 4 members (excludes halogenated alkanes) is 21. The van der Waals surface area contributed by atoms with Crippen molar-refractivity contribution in [3.05, 3.63) is 67.9 Å². The SMILES string of the molecule is CCCCCCCC/C=C/CCCC(=O)OCCn1c(=O)n(CCOC(=O)CCC/C=C/CCCCCCCC)c(=O)n(CCOC(=O)CCC/C=C/CCCCCCCC)c1=O. The van der Waals surface area contributed by atoms with E-state index >= 15 is 0 Å². The minimum atomic E-state index is -0.902. The Balaban J connectivity index is 2.73. The number of nitrogens with zero attached hydrogens (tertiary/aromatic N) is 3. The van der Waals surface area contributed by atoms with Crippen LogP contribution in [-0.4, -0.2) is 51.4 Å². The van der Waals surface area contributed by atoms with Gasteiger partial charge in [0.1, 0.15) is 19.8 Å². The Bertz CT molecular complexity index is 1390. The molecule has 1 rings (SSSR count). The van der Waals surface area contributed by atoms with Gasteiger partial charge in [0.25, 0.3) is 0 Å². The molecule has 0 amide bonds. The lowest BCUT2D eigenvalue weighted by molar-refractivity contribution is -0.144. The van der Waals surface area contributed by atoms with Crippen molar-refractivity contribution >= 4 is 17.9 Å². The fourth-order valence-electron chi connectivity index (χ4n) is 7.15. The molecule has 0 bridgehead atoms. The van der Waals surface area contributed by atoms with Gasteiger partial charge in [0.2, 0.25) is 0 Å². The Labute approximate surface area is 379 Å². The van der Waals surface area contributed by atoms with Crippen LogP contribution in [0, 0.1) is 0 Å². The van der Waals surface area contributed by atoms with Crippen LogP contribution in [0.5, 0.6) is 0 Å². The topological polar surface area (TPSA) is 145 Å². The van der Waals surface area contributed by atoms with E-state index in [2.05, 4.69) is 57.2 Å². The molecule has 0 saturated heterocycles. The first-order valence-electron chi connectivity index (χ1n) is 25.1. The first kappa shape index (κ1) is 57.1. The van der Waals surface area contributed by atoms with Gasteiger partial charge in [-0.1, -0.05) is 154 Å². The zero-order chi connectivity index (χ0) is 46.0. The van der Waals surface area contributed by atoms with Crippen LogP contribution >= 0.6 is 0 Å². The number of carbonyl (C=O) groups is 3. The van der Waals surface area contributed by atoms with Gasteiger partial charge in [-0.05, 0) is 77.0 Å². The summed E-state index contributed by atoms with van der Waals surface area (Å²) in [5.41, 5.74) is -2.71. The van der Waals surface area contributed by atoms with Crippen molar-refractivity contribution in [1.29, 1.82) is 0 Å². The average molecular weight is 886 g/mol. The normalized spacial score (nSPS) is 11.7. The fourth-order valence-corrected chi connectivity index (χ4v) is 7.15. The highest BCUT2D eigenvalue weighted by atomic mass is 16.5. The van der Waals surface area contributed by atoms with Crippen molar-refractivity contribution < 1.29 is 28.6 Å². The van der Waals surface area contributed by atoms with Gasteiger partial charge in [0.05, 0.1) is 19.6 Å². The molecule has 0 aromatic carbocycles. The lowest BCUT2D eigenvalue weighted by atomic mass is 10.1. The van der Waals surface area contributed by atoms with E-state index in [-0.39, 0.29) is 58.7 Å². The Morgan fingerprint density at radius 3 is 0.825 bits per heavy atom. The van der Waals surface area contributed by atoms with Gasteiger partial charge in [0, 0.05) is 19.3 Å². The largest absolute Gasteiger partial charge is 0.464 e. The second-order valence-corrected chi connectivity index (χ2v) is 16.7. The summed E-state index contributed by atoms with van der Waals surface area (Å²) in [4.78, 5) is 77.8. The third-order valence-corrected chi connectivity index (χ3v) is 11.0. The van der Waals surface area contributed by atoms with E-state index in [1.807, 2.05) is 0 Å². The van der Waals surface area contributed by atoms with Crippen molar-refractivity contribution in [2.24, 2.45) is 0 Å². The minimum Gasteiger partial charge on any atom is -0.464 e. The van der Waals surface area contributed by atoms with Crippen LogP contribution in [0.25, 0.3) is 0 Å². The molecule has 0 radical (unpaired) electrons. The van der Waals surface area contributed by atoms with E-state index in [9.17, 15) is 28.8 Å². The number of rotatable bonds is 42. The zero-order valence-corrected chi connectivity index (χ0v) is 39.9. The average Bonchev–Trinajstić information content (AvgIpc) is 3.27. The third kappa shape index (κ3) is 30.7. The lowest BCUT2D eigenvalue weighted by Crippen LogP contribution is -2.55. The maximum absolute atomic E-state index is 13.5. The molecule has 0 aliphatic carbocycles. The zero-order valence-electron chi connectivity index (χ0n) is 39.9. The Kier molecular flexibility index (Phi) is 36.9. The summed E-state index contributed by atoms with van der Waals surface area (Å²) in [6, 6.07) is 0. The van der Waals surface area contributed by atoms with Gasteiger partial charge < -0.3 is 14.2 Å². The molecule has 1 aromatic heterocycles. The molecule has 1 aromatic rings. The molecule has 12 heteroatoms. The van der Waals surface area contributed by atoms with Gasteiger partial charge in [0.15, 0.2) is 0 Å². The molecule has 0 aliphatic rings. The van der Waals surface area contributed by atoms with Crippen LogP contribution in [0.15, 0.2) is 50.8 Å². The Hall–Kier alpha value is -3.96. The molecule has 360 valence electrons. The van der Waals surface area contributed by atoms with Crippen molar-refractivity contribution in [3.63, 3.8) is 0 Å². The number of allylic oxidation sites excluding steroid dienone is 6. The van der Waals surface area contributed by atoms with Crippen LogP contribution in [0.3, 0.4) is 0 Å².